The average molecular weight is 480 g/mol. The number of carbonyl (C=O) groups is 4. The van der Waals surface area contributed by atoms with Crippen molar-refractivity contribution >= 4 is 46.9 Å². The minimum absolute atomic E-state index is 0.0422. The minimum atomic E-state index is -0.791. The van der Waals surface area contributed by atoms with Crippen LogP contribution in [0.5, 0.6) is 5.75 Å². The highest BCUT2D eigenvalue weighted by molar-refractivity contribution is 8.18. The smallest absolute Gasteiger partial charge is 0.293 e. The van der Waals surface area contributed by atoms with Gasteiger partial charge in [0.1, 0.15) is 11.8 Å². The van der Waals surface area contributed by atoms with E-state index >= 15 is 0 Å². The Bertz CT molecular complexity index is 1110. The zero-order valence-electron chi connectivity index (χ0n) is 18.8. The van der Waals surface area contributed by atoms with Crippen molar-refractivity contribution in [3.8, 4) is 5.75 Å². The number of thioether (sulfide) groups is 1. The Morgan fingerprint density at radius 2 is 1.76 bits per heavy atom. The van der Waals surface area contributed by atoms with Crippen LogP contribution in [-0.4, -0.2) is 54.1 Å². The Hall–Kier alpha value is -3.85. The third-order valence-electron chi connectivity index (χ3n) is 4.90. The summed E-state index contributed by atoms with van der Waals surface area (Å²) in [5.41, 5.74) is 1.64. The first-order valence-corrected chi connectivity index (χ1v) is 11.4. The molecule has 0 bridgehead atoms. The van der Waals surface area contributed by atoms with Crippen molar-refractivity contribution in [1.29, 1.82) is 0 Å². The molecule has 0 aliphatic carbocycles. The molecule has 34 heavy (non-hydrogen) atoms. The van der Waals surface area contributed by atoms with E-state index in [4.69, 9.17) is 4.74 Å². The summed E-state index contributed by atoms with van der Waals surface area (Å²) < 4.78 is 5.09. The SMILES string of the molecule is COc1ccc(C=CC(=O)N[C@@H](C)C(=O)NCCN2C(=O)SC(=Cc3ccccc3)C2=O)cc1. The van der Waals surface area contributed by atoms with E-state index in [1.807, 2.05) is 30.3 Å². The molecule has 0 spiro atoms. The van der Waals surface area contributed by atoms with Crippen LogP contribution in [0.2, 0.25) is 0 Å². The molecule has 2 aromatic rings. The molecule has 9 heteroatoms. The number of ether oxygens (including phenoxy) is 1. The van der Waals surface area contributed by atoms with Crippen LogP contribution in [-0.2, 0) is 14.4 Å². The zero-order valence-corrected chi connectivity index (χ0v) is 19.6. The van der Waals surface area contributed by atoms with Crippen LogP contribution in [0.15, 0.2) is 65.6 Å². The Kier molecular flexibility index (Phi) is 8.64. The Labute approximate surface area is 202 Å². The first-order valence-electron chi connectivity index (χ1n) is 10.6. The van der Waals surface area contributed by atoms with E-state index in [1.54, 1.807) is 50.5 Å². The fourth-order valence-corrected chi connectivity index (χ4v) is 3.92. The topological polar surface area (TPSA) is 105 Å². The molecule has 3 rings (SSSR count). The van der Waals surface area contributed by atoms with Crippen molar-refractivity contribution in [2.24, 2.45) is 0 Å². The molecule has 1 heterocycles. The molecule has 2 aromatic carbocycles. The zero-order chi connectivity index (χ0) is 24.5. The van der Waals surface area contributed by atoms with Gasteiger partial charge in [-0.1, -0.05) is 42.5 Å². The second-order valence-electron chi connectivity index (χ2n) is 7.37. The van der Waals surface area contributed by atoms with Crippen molar-refractivity contribution in [2.75, 3.05) is 20.2 Å². The van der Waals surface area contributed by atoms with Crippen molar-refractivity contribution < 1.29 is 23.9 Å². The molecular weight excluding hydrogens is 454 g/mol. The van der Waals surface area contributed by atoms with Gasteiger partial charge in [0.15, 0.2) is 0 Å². The Morgan fingerprint density at radius 3 is 2.44 bits per heavy atom. The standard InChI is InChI=1S/C25H25N3O5S/c1-17(27-22(29)13-10-18-8-11-20(33-2)12-9-18)23(30)26-14-15-28-24(31)21(34-25(28)32)16-19-6-4-3-5-7-19/h3-13,16-17H,14-15H2,1-2H3,(H,26,30)(H,27,29)/t17-/m0/s1. The van der Waals surface area contributed by atoms with Gasteiger partial charge < -0.3 is 15.4 Å². The number of amides is 4. The largest absolute Gasteiger partial charge is 0.497 e. The molecule has 0 saturated carbocycles. The van der Waals surface area contributed by atoms with E-state index in [9.17, 15) is 19.2 Å². The lowest BCUT2D eigenvalue weighted by molar-refractivity contribution is -0.127. The van der Waals surface area contributed by atoms with Gasteiger partial charge in [0.2, 0.25) is 11.8 Å². The van der Waals surface area contributed by atoms with Crippen molar-refractivity contribution in [2.45, 2.75) is 13.0 Å². The second-order valence-corrected chi connectivity index (χ2v) is 8.37. The molecule has 0 unspecified atom stereocenters. The van der Waals surface area contributed by atoms with Gasteiger partial charge in [-0.15, -0.1) is 0 Å². The highest BCUT2D eigenvalue weighted by atomic mass is 32.2. The molecule has 176 valence electrons. The maximum absolute atomic E-state index is 12.5. The number of methoxy groups -OCH3 is 1. The van der Waals surface area contributed by atoms with Gasteiger partial charge in [-0.25, -0.2) is 0 Å². The van der Waals surface area contributed by atoms with Crippen LogP contribution in [0.3, 0.4) is 0 Å². The van der Waals surface area contributed by atoms with Gasteiger partial charge in [0.25, 0.3) is 11.1 Å². The van der Waals surface area contributed by atoms with Gasteiger partial charge in [-0.05, 0) is 54.1 Å². The number of carbonyl (C=O) groups excluding carboxylic acids is 4. The predicted molar refractivity (Wildman–Crippen MR) is 132 cm³/mol. The molecule has 4 amide bonds. The normalized spacial score (nSPS) is 15.6. The summed E-state index contributed by atoms with van der Waals surface area (Å²) in [6.45, 7) is 1.68. The van der Waals surface area contributed by atoms with Crippen LogP contribution in [0.25, 0.3) is 12.2 Å². The quantitative estimate of drug-likeness (QED) is 0.536. The summed E-state index contributed by atoms with van der Waals surface area (Å²) in [7, 11) is 1.57. The number of hydrogen-bond acceptors (Lipinski definition) is 6. The number of hydrogen-bond donors (Lipinski definition) is 2. The molecule has 1 aliphatic heterocycles. The molecule has 2 N–H and O–H groups in total. The van der Waals surface area contributed by atoms with Crippen molar-refractivity contribution in [1.82, 2.24) is 15.5 Å². The molecule has 1 aliphatic rings. The van der Waals surface area contributed by atoms with Crippen molar-refractivity contribution in [3.05, 3.63) is 76.7 Å². The third kappa shape index (κ3) is 6.82. The monoisotopic (exact) mass is 479 g/mol. The summed E-state index contributed by atoms with van der Waals surface area (Å²) in [4.78, 5) is 50.6. The number of nitrogens with zero attached hydrogens (tertiary/aromatic N) is 1. The lowest BCUT2D eigenvalue weighted by atomic mass is 10.2. The van der Waals surface area contributed by atoms with Gasteiger partial charge in [-0.2, -0.15) is 0 Å². The van der Waals surface area contributed by atoms with E-state index in [2.05, 4.69) is 10.6 Å². The molecule has 1 saturated heterocycles. The summed E-state index contributed by atoms with van der Waals surface area (Å²) >= 11 is 0.870. The summed E-state index contributed by atoms with van der Waals surface area (Å²) in [5.74, 6) is -0.516. The maximum Gasteiger partial charge on any atom is 0.293 e. The summed E-state index contributed by atoms with van der Waals surface area (Å²) in [6.07, 6.45) is 4.63. The Balaban J connectivity index is 1.44. The van der Waals surface area contributed by atoms with Crippen LogP contribution >= 0.6 is 11.8 Å². The summed E-state index contributed by atoms with van der Waals surface area (Å²) in [6, 6.07) is 15.6. The fourth-order valence-electron chi connectivity index (χ4n) is 3.05. The van der Waals surface area contributed by atoms with Crippen molar-refractivity contribution in [3.63, 3.8) is 0 Å². The van der Waals surface area contributed by atoms with E-state index in [1.165, 1.54) is 6.08 Å². The van der Waals surface area contributed by atoms with Gasteiger partial charge in [-0.3, -0.25) is 24.1 Å². The Morgan fingerprint density at radius 1 is 1.06 bits per heavy atom. The lowest BCUT2D eigenvalue weighted by Crippen LogP contribution is -2.46. The van der Waals surface area contributed by atoms with Gasteiger partial charge in [0, 0.05) is 19.2 Å². The van der Waals surface area contributed by atoms with Crippen LogP contribution < -0.4 is 15.4 Å². The van der Waals surface area contributed by atoms with Crippen LogP contribution in [0, 0.1) is 0 Å². The second kappa shape index (κ2) is 11.9. The number of nitrogens with one attached hydrogen (secondary N) is 2. The minimum Gasteiger partial charge on any atom is -0.497 e. The van der Waals surface area contributed by atoms with E-state index in [0.29, 0.717) is 10.7 Å². The average Bonchev–Trinajstić information content (AvgIpc) is 3.10. The number of imide groups is 1. The molecular formula is C25H25N3O5S. The maximum atomic E-state index is 12.5. The number of benzene rings is 2. The van der Waals surface area contributed by atoms with E-state index in [-0.39, 0.29) is 18.3 Å². The number of rotatable bonds is 9. The van der Waals surface area contributed by atoms with Gasteiger partial charge >= 0.3 is 0 Å². The summed E-state index contributed by atoms with van der Waals surface area (Å²) in [5, 5.41) is 4.84. The molecule has 8 nitrogen and oxygen atoms in total. The predicted octanol–water partition coefficient (Wildman–Crippen LogP) is 3.07. The molecule has 1 fully saturated rings. The third-order valence-corrected chi connectivity index (χ3v) is 5.81. The van der Waals surface area contributed by atoms with E-state index < -0.39 is 23.8 Å². The highest BCUT2D eigenvalue weighted by Gasteiger charge is 2.34. The van der Waals surface area contributed by atoms with E-state index in [0.717, 1.165) is 27.8 Å². The molecule has 0 radical (unpaired) electrons. The highest BCUT2D eigenvalue weighted by Crippen LogP contribution is 2.31. The first kappa shape index (κ1) is 24.8. The van der Waals surface area contributed by atoms with Crippen LogP contribution in [0.1, 0.15) is 18.1 Å². The molecule has 0 aromatic heterocycles. The molecule has 1 atom stereocenters. The van der Waals surface area contributed by atoms with Crippen LogP contribution in [0.4, 0.5) is 4.79 Å². The first-order chi connectivity index (χ1) is 16.4. The van der Waals surface area contributed by atoms with Gasteiger partial charge in [0.05, 0.1) is 12.0 Å². The lowest BCUT2D eigenvalue weighted by Gasteiger charge is -2.16. The fraction of sp³-hybridized carbons (Fsp3) is 0.200.